The highest BCUT2D eigenvalue weighted by molar-refractivity contribution is 7.92. The smallest absolute Gasteiger partial charge is 0.264 e. The van der Waals surface area contributed by atoms with Crippen molar-refractivity contribution in [3.05, 3.63) is 93.4 Å². The molecule has 39 heavy (non-hydrogen) atoms. The maximum Gasteiger partial charge on any atom is 0.264 e. The first-order valence-corrected chi connectivity index (χ1v) is 14.9. The molecular weight excluding hydrogens is 581 g/mol. The number of nitrogens with one attached hydrogen (secondary N) is 1. The van der Waals surface area contributed by atoms with Crippen LogP contribution in [-0.2, 0) is 26.2 Å². The summed E-state index contributed by atoms with van der Waals surface area (Å²) in [4.78, 5) is 28.3. The molecular formula is C28H30Cl3N3O4S. The predicted molar refractivity (Wildman–Crippen MR) is 157 cm³/mol. The van der Waals surface area contributed by atoms with Crippen molar-refractivity contribution in [3.63, 3.8) is 0 Å². The van der Waals surface area contributed by atoms with E-state index in [0.717, 1.165) is 4.31 Å². The van der Waals surface area contributed by atoms with Gasteiger partial charge in [-0.2, -0.15) is 0 Å². The van der Waals surface area contributed by atoms with Gasteiger partial charge in [0.2, 0.25) is 11.8 Å². The van der Waals surface area contributed by atoms with Gasteiger partial charge in [-0.25, -0.2) is 8.42 Å². The maximum atomic E-state index is 13.9. The Bertz CT molecular complexity index is 1420. The van der Waals surface area contributed by atoms with Crippen molar-refractivity contribution >= 4 is 62.3 Å². The third kappa shape index (κ3) is 8.11. The molecule has 0 aliphatic rings. The number of nitrogens with zero attached hydrogens (tertiary/aromatic N) is 2. The van der Waals surface area contributed by atoms with Crippen LogP contribution in [0.3, 0.4) is 0 Å². The molecule has 3 aromatic rings. The van der Waals surface area contributed by atoms with Gasteiger partial charge in [-0.05, 0) is 80.4 Å². The van der Waals surface area contributed by atoms with Crippen molar-refractivity contribution in [2.45, 2.75) is 50.7 Å². The first-order chi connectivity index (χ1) is 18.4. The molecule has 208 valence electrons. The van der Waals surface area contributed by atoms with E-state index in [2.05, 4.69) is 5.32 Å². The summed E-state index contributed by atoms with van der Waals surface area (Å²) >= 11 is 18.3. The zero-order valence-electron chi connectivity index (χ0n) is 21.8. The molecule has 0 spiro atoms. The molecule has 0 unspecified atom stereocenters. The van der Waals surface area contributed by atoms with E-state index in [1.165, 1.54) is 35.2 Å². The molecule has 2 atom stereocenters. The molecule has 0 aliphatic heterocycles. The summed E-state index contributed by atoms with van der Waals surface area (Å²) in [6, 6.07) is 17.8. The number of amides is 2. The van der Waals surface area contributed by atoms with Gasteiger partial charge in [-0.1, -0.05) is 59.9 Å². The summed E-state index contributed by atoms with van der Waals surface area (Å²) in [5.74, 6) is -0.936. The number of benzene rings is 3. The third-order valence-corrected chi connectivity index (χ3v) is 8.70. The van der Waals surface area contributed by atoms with E-state index >= 15 is 0 Å². The number of hydrogen-bond acceptors (Lipinski definition) is 4. The molecule has 3 aromatic carbocycles. The Kier molecular flexibility index (Phi) is 10.7. The standard InChI is InChI=1S/C28H30Cl3N3O4S/c1-4-19(2)32-28(36)20(3)33(17-21-7-5-8-23(30)15-21)27(35)18-34(25-10-6-9-24(31)16-25)39(37,38)26-13-11-22(29)12-14-26/h5-16,19-20H,4,17-18H2,1-3H3,(H,32,36)/t19-,20+/m0/s1. The quantitative estimate of drug-likeness (QED) is 0.281. The van der Waals surface area contributed by atoms with Crippen LogP contribution < -0.4 is 9.62 Å². The van der Waals surface area contributed by atoms with E-state index < -0.39 is 28.5 Å². The van der Waals surface area contributed by atoms with Crippen LogP contribution >= 0.6 is 34.8 Å². The molecule has 0 aromatic heterocycles. The topological polar surface area (TPSA) is 86.8 Å². The Balaban J connectivity index is 2.03. The van der Waals surface area contributed by atoms with Crippen LogP contribution in [0, 0.1) is 0 Å². The normalized spacial score (nSPS) is 12.9. The van der Waals surface area contributed by atoms with Gasteiger partial charge in [-0.3, -0.25) is 13.9 Å². The van der Waals surface area contributed by atoms with Crippen molar-refractivity contribution in [1.29, 1.82) is 0 Å². The van der Waals surface area contributed by atoms with Gasteiger partial charge in [0.1, 0.15) is 12.6 Å². The molecule has 1 N–H and O–H groups in total. The number of rotatable bonds is 11. The van der Waals surface area contributed by atoms with E-state index in [-0.39, 0.29) is 29.1 Å². The van der Waals surface area contributed by atoms with Crippen LogP contribution in [0.2, 0.25) is 15.1 Å². The SMILES string of the molecule is CC[C@H](C)NC(=O)[C@@H](C)N(Cc1cccc(Cl)c1)C(=O)CN(c1cccc(Cl)c1)S(=O)(=O)c1ccc(Cl)cc1. The minimum atomic E-state index is -4.22. The van der Waals surface area contributed by atoms with Crippen LogP contribution in [0.15, 0.2) is 77.7 Å². The fourth-order valence-electron chi connectivity index (χ4n) is 3.77. The summed E-state index contributed by atoms with van der Waals surface area (Å²) in [6.45, 7) is 4.88. The molecule has 0 saturated heterocycles. The number of halogens is 3. The fraction of sp³-hybridized carbons (Fsp3) is 0.286. The molecule has 0 radical (unpaired) electrons. The van der Waals surface area contributed by atoms with E-state index in [0.29, 0.717) is 27.1 Å². The van der Waals surface area contributed by atoms with Crippen LogP contribution in [-0.4, -0.2) is 43.8 Å². The highest BCUT2D eigenvalue weighted by atomic mass is 35.5. The second kappa shape index (κ2) is 13.5. The Morgan fingerprint density at radius 1 is 0.872 bits per heavy atom. The Morgan fingerprint density at radius 3 is 2.08 bits per heavy atom. The monoisotopic (exact) mass is 609 g/mol. The van der Waals surface area contributed by atoms with Gasteiger partial charge in [0.05, 0.1) is 10.6 Å². The van der Waals surface area contributed by atoms with E-state index in [1.807, 2.05) is 13.8 Å². The summed E-state index contributed by atoms with van der Waals surface area (Å²) in [6.07, 6.45) is 0.711. The largest absolute Gasteiger partial charge is 0.352 e. The van der Waals surface area contributed by atoms with E-state index in [1.54, 1.807) is 49.4 Å². The highest BCUT2D eigenvalue weighted by Crippen LogP contribution is 2.27. The molecule has 0 bridgehead atoms. The van der Waals surface area contributed by atoms with Crippen LogP contribution in [0.25, 0.3) is 0 Å². The molecule has 7 nitrogen and oxygen atoms in total. The molecule has 2 amide bonds. The van der Waals surface area contributed by atoms with Gasteiger partial charge in [0, 0.05) is 27.7 Å². The zero-order chi connectivity index (χ0) is 28.7. The highest BCUT2D eigenvalue weighted by Gasteiger charge is 2.33. The van der Waals surface area contributed by atoms with Crippen molar-refractivity contribution in [3.8, 4) is 0 Å². The minimum absolute atomic E-state index is 0.0405. The predicted octanol–water partition coefficient (Wildman–Crippen LogP) is 6.17. The lowest BCUT2D eigenvalue weighted by Gasteiger charge is -2.32. The first kappa shape index (κ1) is 30.8. The van der Waals surface area contributed by atoms with Crippen LogP contribution in [0.4, 0.5) is 5.69 Å². The van der Waals surface area contributed by atoms with Gasteiger partial charge < -0.3 is 10.2 Å². The number of anilines is 1. The van der Waals surface area contributed by atoms with Gasteiger partial charge in [0.15, 0.2) is 0 Å². The van der Waals surface area contributed by atoms with Crippen molar-refractivity contribution in [2.24, 2.45) is 0 Å². The van der Waals surface area contributed by atoms with E-state index in [9.17, 15) is 18.0 Å². The van der Waals surface area contributed by atoms with Gasteiger partial charge in [-0.15, -0.1) is 0 Å². The molecule has 0 heterocycles. The molecule has 3 rings (SSSR count). The number of sulfonamides is 1. The second-order valence-corrected chi connectivity index (χ2v) is 12.3. The lowest BCUT2D eigenvalue weighted by Crippen LogP contribution is -2.52. The zero-order valence-corrected chi connectivity index (χ0v) is 24.9. The third-order valence-electron chi connectivity index (χ3n) is 6.19. The lowest BCUT2D eigenvalue weighted by atomic mass is 10.1. The molecule has 11 heteroatoms. The van der Waals surface area contributed by atoms with Crippen molar-refractivity contribution < 1.29 is 18.0 Å². The first-order valence-electron chi connectivity index (χ1n) is 12.3. The van der Waals surface area contributed by atoms with Crippen LogP contribution in [0.5, 0.6) is 0 Å². The lowest BCUT2D eigenvalue weighted by molar-refractivity contribution is -0.139. The molecule has 0 aliphatic carbocycles. The van der Waals surface area contributed by atoms with E-state index in [4.69, 9.17) is 34.8 Å². The fourth-order valence-corrected chi connectivity index (χ4v) is 5.70. The van der Waals surface area contributed by atoms with Crippen molar-refractivity contribution in [2.75, 3.05) is 10.8 Å². The average Bonchev–Trinajstić information content (AvgIpc) is 2.89. The number of carbonyl (C=O) groups is 2. The maximum absolute atomic E-state index is 13.9. The average molecular weight is 611 g/mol. The Labute approximate surface area is 244 Å². The minimum Gasteiger partial charge on any atom is -0.352 e. The molecule has 0 saturated carbocycles. The second-order valence-electron chi connectivity index (χ2n) is 9.09. The van der Waals surface area contributed by atoms with Crippen LogP contribution in [0.1, 0.15) is 32.8 Å². The summed E-state index contributed by atoms with van der Waals surface area (Å²) in [7, 11) is -4.22. The van der Waals surface area contributed by atoms with Crippen molar-refractivity contribution in [1.82, 2.24) is 10.2 Å². The Morgan fingerprint density at radius 2 is 1.49 bits per heavy atom. The summed E-state index contributed by atoms with van der Waals surface area (Å²) in [5.41, 5.74) is 0.888. The van der Waals surface area contributed by atoms with Gasteiger partial charge in [0.25, 0.3) is 10.0 Å². The van der Waals surface area contributed by atoms with Gasteiger partial charge >= 0.3 is 0 Å². The summed E-state index contributed by atoms with van der Waals surface area (Å²) < 4.78 is 28.5. The Hall–Kier alpha value is -2.78. The number of carbonyl (C=O) groups excluding carboxylic acids is 2. The summed E-state index contributed by atoms with van der Waals surface area (Å²) in [5, 5.41) is 4.04. The molecule has 0 fully saturated rings. The number of hydrogen-bond donors (Lipinski definition) is 1.